The molecule has 0 bridgehead atoms. The van der Waals surface area contributed by atoms with Crippen molar-refractivity contribution < 1.29 is 26.4 Å². The fourth-order valence-electron chi connectivity index (χ4n) is 3.06. The van der Waals surface area contributed by atoms with E-state index in [1.54, 1.807) is 13.0 Å². The summed E-state index contributed by atoms with van der Waals surface area (Å²) in [5, 5.41) is 2.73. The molecular formula is C20H23F3N2O3S. The van der Waals surface area contributed by atoms with E-state index in [2.05, 4.69) is 5.32 Å². The molecule has 5 nitrogen and oxygen atoms in total. The first-order valence-electron chi connectivity index (χ1n) is 8.92. The second-order valence-electron chi connectivity index (χ2n) is 6.73. The standard InChI is InChI=1S/C20H23F3N2O3S/c1-5-15-9-6-8-13(2)18(15)24-19(26)14(3)25(29(4,27)28)17-11-7-10-16(12-17)20(21,22)23/h6-12,14H,5H2,1-4H3,(H,24,26). The van der Waals surface area contributed by atoms with Crippen LogP contribution in [0.15, 0.2) is 42.5 Å². The predicted octanol–water partition coefficient (Wildman–Crippen LogP) is 4.37. The van der Waals surface area contributed by atoms with Gasteiger partial charge in [0.25, 0.3) is 0 Å². The molecule has 0 aliphatic rings. The van der Waals surface area contributed by atoms with Gasteiger partial charge in [0, 0.05) is 5.69 Å². The molecule has 0 spiro atoms. The second kappa shape index (κ2) is 8.44. The van der Waals surface area contributed by atoms with Crippen molar-refractivity contribution in [2.45, 2.75) is 39.4 Å². The first-order valence-corrected chi connectivity index (χ1v) is 10.8. The third-order valence-corrected chi connectivity index (χ3v) is 5.75. The maximum atomic E-state index is 13.1. The summed E-state index contributed by atoms with van der Waals surface area (Å²) in [4.78, 5) is 12.8. The van der Waals surface area contributed by atoms with E-state index >= 15 is 0 Å². The Morgan fingerprint density at radius 3 is 2.34 bits per heavy atom. The van der Waals surface area contributed by atoms with Gasteiger partial charge in [0.05, 0.1) is 17.5 Å². The van der Waals surface area contributed by atoms with Crippen LogP contribution in [0.25, 0.3) is 0 Å². The SMILES string of the molecule is CCc1cccc(C)c1NC(=O)C(C)N(c1cccc(C(F)(F)F)c1)S(C)(=O)=O. The maximum Gasteiger partial charge on any atom is 0.416 e. The minimum absolute atomic E-state index is 0.231. The van der Waals surface area contributed by atoms with Crippen LogP contribution in [0.1, 0.15) is 30.5 Å². The summed E-state index contributed by atoms with van der Waals surface area (Å²) in [5.41, 5.74) is 1.02. The van der Waals surface area contributed by atoms with Crippen LogP contribution >= 0.6 is 0 Å². The number of hydrogen-bond donors (Lipinski definition) is 1. The summed E-state index contributed by atoms with van der Waals surface area (Å²) < 4.78 is 64.6. The van der Waals surface area contributed by atoms with Gasteiger partial charge in [-0.05, 0) is 49.6 Å². The highest BCUT2D eigenvalue weighted by Gasteiger charge is 2.34. The molecule has 0 radical (unpaired) electrons. The number of anilines is 2. The van der Waals surface area contributed by atoms with E-state index in [9.17, 15) is 26.4 Å². The first-order chi connectivity index (χ1) is 13.4. The van der Waals surface area contributed by atoms with Gasteiger partial charge in [0.2, 0.25) is 15.9 Å². The quantitative estimate of drug-likeness (QED) is 0.743. The summed E-state index contributed by atoms with van der Waals surface area (Å²) in [6, 6.07) is 8.13. The van der Waals surface area contributed by atoms with Crippen LogP contribution in [0, 0.1) is 6.92 Å². The summed E-state index contributed by atoms with van der Waals surface area (Å²) in [6.07, 6.45) is -3.14. The van der Waals surface area contributed by atoms with Crippen LogP contribution in [0.2, 0.25) is 0 Å². The molecule has 0 aromatic heterocycles. The molecule has 158 valence electrons. The van der Waals surface area contributed by atoms with Crippen molar-refractivity contribution in [2.75, 3.05) is 15.9 Å². The number of halogens is 3. The number of hydrogen-bond acceptors (Lipinski definition) is 3. The summed E-state index contributed by atoms with van der Waals surface area (Å²) >= 11 is 0. The molecule has 0 heterocycles. The molecule has 2 aromatic rings. The molecular weight excluding hydrogens is 405 g/mol. The molecule has 0 fully saturated rings. The van der Waals surface area contributed by atoms with E-state index in [1.165, 1.54) is 13.0 Å². The van der Waals surface area contributed by atoms with Gasteiger partial charge in [-0.25, -0.2) is 8.42 Å². The van der Waals surface area contributed by atoms with Crippen molar-refractivity contribution in [3.05, 3.63) is 59.2 Å². The topological polar surface area (TPSA) is 66.5 Å². The lowest BCUT2D eigenvalue weighted by Gasteiger charge is -2.29. The lowest BCUT2D eigenvalue weighted by atomic mass is 10.1. The van der Waals surface area contributed by atoms with Crippen molar-refractivity contribution in [1.29, 1.82) is 0 Å². The molecule has 1 amide bonds. The van der Waals surface area contributed by atoms with Crippen molar-refractivity contribution in [2.24, 2.45) is 0 Å². The van der Waals surface area contributed by atoms with E-state index in [0.29, 0.717) is 16.4 Å². The minimum Gasteiger partial charge on any atom is -0.324 e. The van der Waals surface area contributed by atoms with Crippen molar-refractivity contribution in [3.8, 4) is 0 Å². The number of rotatable bonds is 6. The number of nitrogens with zero attached hydrogens (tertiary/aromatic N) is 1. The zero-order valence-corrected chi connectivity index (χ0v) is 17.4. The molecule has 0 aliphatic carbocycles. The average Bonchev–Trinajstić information content (AvgIpc) is 2.61. The van der Waals surface area contributed by atoms with Gasteiger partial charge in [0.1, 0.15) is 6.04 Å². The summed E-state index contributed by atoms with van der Waals surface area (Å²) in [7, 11) is -4.04. The molecule has 1 N–H and O–H groups in total. The van der Waals surface area contributed by atoms with Gasteiger partial charge in [0.15, 0.2) is 0 Å². The Morgan fingerprint density at radius 1 is 1.17 bits per heavy atom. The van der Waals surface area contributed by atoms with Gasteiger partial charge in [-0.15, -0.1) is 0 Å². The molecule has 2 aromatic carbocycles. The van der Waals surface area contributed by atoms with E-state index < -0.39 is 33.7 Å². The Bertz CT molecular complexity index is 1000. The number of carbonyl (C=O) groups is 1. The Balaban J connectivity index is 2.43. The Labute approximate surface area is 168 Å². The number of sulfonamides is 1. The Kier molecular flexibility index (Phi) is 6.62. The van der Waals surface area contributed by atoms with Crippen LogP contribution in [-0.2, 0) is 27.4 Å². The van der Waals surface area contributed by atoms with E-state index in [0.717, 1.165) is 35.6 Å². The molecule has 1 atom stereocenters. The lowest BCUT2D eigenvalue weighted by Crippen LogP contribution is -2.45. The molecule has 29 heavy (non-hydrogen) atoms. The highest BCUT2D eigenvalue weighted by molar-refractivity contribution is 7.92. The third kappa shape index (κ3) is 5.29. The third-order valence-electron chi connectivity index (χ3n) is 4.50. The van der Waals surface area contributed by atoms with E-state index in [-0.39, 0.29) is 5.69 Å². The monoisotopic (exact) mass is 428 g/mol. The van der Waals surface area contributed by atoms with Crippen molar-refractivity contribution >= 4 is 27.3 Å². The Hall–Kier alpha value is -2.55. The Morgan fingerprint density at radius 2 is 1.79 bits per heavy atom. The fourth-order valence-corrected chi connectivity index (χ4v) is 4.22. The van der Waals surface area contributed by atoms with Crippen molar-refractivity contribution in [3.63, 3.8) is 0 Å². The summed E-state index contributed by atoms with van der Waals surface area (Å²) in [5.74, 6) is -0.642. The van der Waals surface area contributed by atoms with Gasteiger partial charge >= 0.3 is 6.18 Å². The highest BCUT2D eigenvalue weighted by Crippen LogP contribution is 2.33. The zero-order valence-electron chi connectivity index (χ0n) is 16.5. The molecule has 0 aliphatic heterocycles. The molecule has 1 unspecified atom stereocenters. The highest BCUT2D eigenvalue weighted by atomic mass is 32.2. The maximum absolute atomic E-state index is 13.1. The predicted molar refractivity (Wildman–Crippen MR) is 107 cm³/mol. The number of benzene rings is 2. The van der Waals surface area contributed by atoms with Crippen molar-refractivity contribution in [1.82, 2.24) is 0 Å². The first kappa shape index (κ1) is 22.7. The largest absolute Gasteiger partial charge is 0.416 e. The molecule has 9 heteroatoms. The number of carbonyl (C=O) groups excluding carboxylic acids is 1. The lowest BCUT2D eigenvalue weighted by molar-refractivity contribution is -0.137. The normalized spacial score (nSPS) is 13.1. The molecule has 0 saturated heterocycles. The number of amides is 1. The minimum atomic E-state index is -4.64. The van der Waals surface area contributed by atoms with Gasteiger partial charge < -0.3 is 5.32 Å². The van der Waals surface area contributed by atoms with Gasteiger partial charge in [-0.2, -0.15) is 13.2 Å². The second-order valence-corrected chi connectivity index (χ2v) is 8.59. The van der Waals surface area contributed by atoms with Crippen LogP contribution < -0.4 is 9.62 Å². The summed E-state index contributed by atoms with van der Waals surface area (Å²) in [6.45, 7) is 5.06. The average molecular weight is 428 g/mol. The van der Waals surface area contributed by atoms with Crippen LogP contribution in [0.4, 0.5) is 24.5 Å². The smallest absolute Gasteiger partial charge is 0.324 e. The molecule has 0 saturated carbocycles. The number of nitrogens with one attached hydrogen (secondary N) is 1. The van der Waals surface area contributed by atoms with E-state index in [4.69, 9.17) is 0 Å². The number of aryl methyl sites for hydroxylation is 2. The fraction of sp³-hybridized carbons (Fsp3) is 0.350. The zero-order chi connectivity index (χ0) is 22.0. The van der Waals surface area contributed by atoms with Crippen LogP contribution in [0.3, 0.4) is 0 Å². The number of alkyl halides is 3. The van der Waals surface area contributed by atoms with Gasteiger partial charge in [-0.3, -0.25) is 9.10 Å². The van der Waals surface area contributed by atoms with E-state index in [1.807, 2.05) is 19.1 Å². The van der Waals surface area contributed by atoms with Crippen LogP contribution in [0.5, 0.6) is 0 Å². The van der Waals surface area contributed by atoms with Crippen LogP contribution in [-0.4, -0.2) is 26.6 Å². The molecule has 2 rings (SSSR count). The van der Waals surface area contributed by atoms with Gasteiger partial charge in [-0.1, -0.05) is 31.2 Å². The number of para-hydroxylation sites is 1.